The summed E-state index contributed by atoms with van der Waals surface area (Å²) in [6.45, 7) is 2.15. The van der Waals surface area contributed by atoms with Gasteiger partial charge in [0.2, 0.25) is 0 Å². The van der Waals surface area contributed by atoms with Gasteiger partial charge in [-0.25, -0.2) is 9.37 Å². The molecule has 4 rings (SSSR count). The van der Waals surface area contributed by atoms with Crippen molar-refractivity contribution in [2.45, 2.75) is 13.5 Å². The molecule has 1 aromatic carbocycles. The highest BCUT2D eigenvalue weighted by Gasteiger charge is 2.13. The Kier molecular flexibility index (Phi) is 3.42. The predicted octanol–water partition coefficient (Wildman–Crippen LogP) is 2.54. The molecular weight excluding hydrogens is 311 g/mol. The lowest BCUT2D eigenvalue weighted by molar-refractivity contribution is 0.295. The van der Waals surface area contributed by atoms with Gasteiger partial charge in [-0.05, 0) is 31.2 Å². The third kappa shape index (κ3) is 2.58. The molecule has 0 atom stereocenters. The molecule has 0 unspecified atom stereocenters. The standard InChI is InChI=1S/C16H13FN6O/c1-10-2-4-13(17)12(6-10)16-22-21-15-5-3-11(7-23(15)16)24-8-14-18-9-19-20-14/h2-7,9H,8H2,1H3,(H,18,19,20). The van der Waals surface area contributed by atoms with Crippen molar-refractivity contribution in [3.05, 3.63) is 60.1 Å². The van der Waals surface area contributed by atoms with Gasteiger partial charge in [0.05, 0.1) is 11.8 Å². The second kappa shape index (κ2) is 5.73. The first-order chi connectivity index (χ1) is 11.7. The second-order valence-electron chi connectivity index (χ2n) is 5.32. The number of rotatable bonds is 4. The molecular formula is C16H13FN6O. The minimum atomic E-state index is -0.345. The Morgan fingerprint density at radius 3 is 2.96 bits per heavy atom. The molecule has 0 radical (unpaired) electrons. The average molecular weight is 324 g/mol. The fourth-order valence-corrected chi connectivity index (χ4v) is 2.40. The maximum atomic E-state index is 14.2. The number of fused-ring (bicyclic) bond motifs is 1. The Morgan fingerprint density at radius 2 is 2.12 bits per heavy atom. The van der Waals surface area contributed by atoms with E-state index >= 15 is 0 Å². The summed E-state index contributed by atoms with van der Waals surface area (Å²) in [4.78, 5) is 4.00. The van der Waals surface area contributed by atoms with Gasteiger partial charge in [0.1, 0.15) is 24.5 Å². The molecule has 7 nitrogen and oxygen atoms in total. The van der Waals surface area contributed by atoms with E-state index in [0.717, 1.165) is 5.56 Å². The third-order valence-corrected chi connectivity index (χ3v) is 3.58. The first-order valence-corrected chi connectivity index (χ1v) is 7.29. The Hall–Kier alpha value is -3.29. The van der Waals surface area contributed by atoms with Crippen LogP contribution in [-0.4, -0.2) is 29.8 Å². The molecule has 1 N–H and O–H groups in total. The van der Waals surface area contributed by atoms with Crippen molar-refractivity contribution in [3.8, 4) is 17.1 Å². The topological polar surface area (TPSA) is 81.0 Å². The molecule has 0 fully saturated rings. The highest BCUT2D eigenvalue weighted by Crippen LogP contribution is 2.24. The van der Waals surface area contributed by atoms with Crippen LogP contribution < -0.4 is 4.74 Å². The monoisotopic (exact) mass is 324 g/mol. The van der Waals surface area contributed by atoms with Crippen LogP contribution in [0.5, 0.6) is 5.75 Å². The summed E-state index contributed by atoms with van der Waals surface area (Å²) >= 11 is 0. The molecule has 0 amide bonds. The van der Waals surface area contributed by atoms with Crippen LogP contribution in [0.25, 0.3) is 17.0 Å². The molecule has 3 aromatic heterocycles. The first-order valence-electron chi connectivity index (χ1n) is 7.29. The zero-order valence-corrected chi connectivity index (χ0v) is 12.8. The molecule has 0 aliphatic rings. The number of hydrogen-bond acceptors (Lipinski definition) is 5. The van der Waals surface area contributed by atoms with Crippen molar-refractivity contribution >= 4 is 5.65 Å². The lowest BCUT2D eigenvalue weighted by Gasteiger charge is -2.06. The molecule has 120 valence electrons. The van der Waals surface area contributed by atoms with E-state index in [1.54, 1.807) is 34.9 Å². The fraction of sp³-hybridized carbons (Fsp3) is 0.125. The van der Waals surface area contributed by atoms with Gasteiger partial charge in [-0.2, -0.15) is 5.10 Å². The number of hydrogen-bond donors (Lipinski definition) is 1. The number of aromatic amines is 1. The summed E-state index contributed by atoms with van der Waals surface area (Å²) in [5, 5.41) is 14.7. The van der Waals surface area contributed by atoms with E-state index in [1.165, 1.54) is 12.4 Å². The van der Waals surface area contributed by atoms with Gasteiger partial charge >= 0.3 is 0 Å². The average Bonchev–Trinajstić information content (AvgIpc) is 3.24. The minimum Gasteiger partial charge on any atom is -0.484 e. The van der Waals surface area contributed by atoms with E-state index in [2.05, 4.69) is 25.4 Å². The van der Waals surface area contributed by atoms with Crippen molar-refractivity contribution in [2.24, 2.45) is 0 Å². The van der Waals surface area contributed by atoms with Crippen LogP contribution >= 0.6 is 0 Å². The van der Waals surface area contributed by atoms with Crippen molar-refractivity contribution in [1.82, 2.24) is 29.8 Å². The van der Waals surface area contributed by atoms with Gasteiger partial charge in [-0.3, -0.25) is 9.50 Å². The molecule has 24 heavy (non-hydrogen) atoms. The van der Waals surface area contributed by atoms with Crippen LogP contribution in [0.1, 0.15) is 11.4 Å². The molecule has 0 saturated heterocycles. The van der Waals surface area contributed by atoms with E-state index < -0.39 is 0 Å². The molecule has 0 aliphatic carbocycles. The quantitative estimate of drug-likeness (QED) is 0.624. The molecule has 0 spiro atoms. The van der Waals surface area contributed by atoms with Crippen molar-refractivity contribution in [1.29, 1.82) is 0 Å². The van der Waals surface area contributed by atoms with Crippen molar-refractivity contribution < 1.29 is 9.13 Å². The van der Waals surface area contributed by atoms with Crippen LogP contribution in [0.2, 0.25) is 0 Å². The summed E-state index contributed by atoms with van der Waals surface area (Å²) in [5.41, 5.74) is 1.95. The van der Waals surface area contributed by atoms with Gasteiger partial charge in [0.15, 0.2) is 17.3 Å². The van der Waals surface area contributed by atoms with Crippen LogP contribution in [0.3, 0.4) is 0 Å². The van der Waals surface area contributed by atoms with Gasteiger partial charge in [-0.1, -0.05) is 11.6 Å². The summed E-state index contributed by atoms with van der Waals surface area (Å²) in [7, 11) is 0. The van der Waals surface area contributed by atoms with Crippen LogP contribution in [0, 0.1) is 12.7 Å². The molecule has 0 aliphatic heterocycles. The van der Waals surface area contributed by atoms with Crippen LogP contribution in [0.15, 0.2) is 42.9 Å². The van der Waals surface area contributed by atoms with E-state index in [1.807, 2.05) is 6.92 Å². The number of H-pyrrole nitrogens is 1. The second-order valence-corrected chi connectivity index (χ2v) is 5.32. The van der Waals surface area contributed by atoms with Crippen molar-refractivity contribution in [2.75, 3.05) is 0 Å². The highest BCUT2D eigenvalue weighted by molar-refractivity contribution is 5.61. The number of ether oxygens (including phenoxy) is 1. The number of nitrogens with zero attached hydrogens (tertiary/aromatic N) is 5. The molecule has 8 heteroatoms. The van der Waals surface area contributed by atoms with Crippen LogP contribution in [0.4, 0.5) is 4.39 Å². The largest absolute Gasteiger partial charge is 0.484 e. The number of pyridine rings is 1. The van der Waals surface area contributed by atoms with E-state index in [0.29, 0.717) is 28.6 Å². The van der Waals surface area contributed by atoms with E-state index in [-0.39, 0.29) is 12.4 Å². The summed E-state index contributed by atoms with van der Waals surface area (Å²) in [6, 6.07) is 8.43. The Bertz CT molecular complexity index is 995. The van der Waals surface area contributed by atoms with Gasteiger partial charge in [-0.15, -0.1) is 10.2 Å². The zero-order chi connectivity index (χ0) is 16.5. The zero-order valence-electron chi connectivity index (χ0n) is 12.8. The fourth-order valence-electron chi connectivity index (χ4n) is 2.40. The predicted molar refractivity (Wildman–Crippen MR) is 83.8 cm³/mol. The third-order valence-electron chi connectivity index (χ3n) is 3.58. The number of aromatic nitrogens is 6. The van der Waals surface area contributed by atoms with Gasteiger partial charge in [0, 0.05) is 0 Å². The molecule has 0 bridgehead atoms. The molecule has 4 aromatic rings. The number of halogens is 1. The summed E-state index contributed by atoms with van der Waals surface area (Å²) < 4.78 is 21.5. The lowest BCUT2D eigenvalue weighted by atomic mass is 10.1. The van der Waals surface area contributed by atoms with Crippen molar-refractivity contribution in [3.63, 3.8) is 0 Å². The van der Waals surface area contributed by atoms with Crippen LogP contribution in [-0.2, 0) is 6.61 Å². The van der Waals surface area contributed by atoms with Gasteiger partial charge < -0.3 is 4.74 Å². The minimum absolute atomic E-state index is 0.252. The first kappa shape index (κ1) is 14.3. The number of nitrogens with one attached hydrogen (secondary N) is 1. The smallest absolute Gasteiger partial charge is 0.171 e. The molecule has 3 heterocycles. The number of aryl methyl sites for hydroxylation is 1. The SMILES string of the molecule is Cc1ccc(F)c(-c2nnc3ccc(OCc4ncn[nH]4)cn23)c1. The maximum Gasteiger partial charge on any atom is 0.171 e. The highest BCUT2D eigenvalue weighted by atomic mass is 19.1. The van der Waals surface area contributed by atoms with E-state index in [4.69, 9.17) is 4.74 Å². The number of benzene rings is 1. The Balaban J connectivity index is 1.72. The van der Waals surface area contributed by atoms with Gasteiger partial charge in [0.25, 0.3) is 0 Å². The maximum absolute atomic E-state index is 14.2. The Morgan fingerprint density at radius 1 is 1.21 bits per heavy atom. The molecule has 0 saturated carbocycles. The normalized spacial score (nSPS) is 11.1. The lowest BCUT2D eigenvalue weighted by Crippen LogP contribution is -1.99. The summed E-state index contributed by atoms with van der Waals surface area (Å²) in [5.74, 6) is 1.29. The Labute approximate surface area is 136 Å². The summed E-state index contributed by atoms with van der Waals surface area (Å²) in [6.07, 6.45) is 3.14. The van der Waals surface area contributed by atoms with E-state index in [9.17, 15) is 4.39 Å².